The van der Waals surface area contributed by atoms with E-state index in [1.54, 1.807) is 0 Å². The molecule has 0 saturated heterocycles. The van der Waals surface area contributed by atoms with E-state index in [9.17, 15) is 14.7 Å². The number of unbranched alkanes of at least 4 members (excludes halogenated alkanes) is 9. The van der Waals surface area contributed by atoms with Crippen LogP contribution in [-0.2, 0) is 14.3 Å². The van der Waals surface area contributed by atoms with Gasteiger partial charge in [0.05, 0.1) is 0 Å². The molecule has 0 heterocycles. The zero-order valence-electron chi connectivity index (χ0n) is 15.4. The van der Waals surface area contributed by atoms with Gasteiger partial charge in [-0.3, -0.25) is 4.79 Å². The number of hydrogen-bond acceptors (Lipinski definition) is 3. The Morgan fingerprint density at radius 2 is 1.30 bits per heavy atom. The molecule has 0 saturated carbocycles. The summed E-state index contributed by atoms with van der Waals surface area (Å²) in [6.45, 7) is 5.71. The van der Waals surface area contributed by atoms with Gasteiger partial charge in [0, 0.05) is 6.42 Å². The Hall–Kier alpha value is -1.06. The van der Waals surface area contributed by atoms with Crippen molar-refractivity contribution < 1.29 is 19.4 Å². The molecule has 0 aliphatic carbocycles. The summed E-state index contributed by atoms with van der Waals surface area (Å²) < 4.78 is 5.24. The molecule has 0 spiro atoms. The summed E-state index contributed by atoms with van der Waals surface area (Å²) in [6, 6.07) is 0. The average Bonchev–Trinajstić information content (AvgIpc) is 2.51. The van der Waals surface area contributed by atoms with Gasteiger partial charge in [-0.25, -0.2) is 4.79 Å². The molecule has 0 aromatic heterocycles. The minimum atomic E-state index is -1.37. The van der Waals surface area contributed by atoms with Crippen LogP contribution in [0.2, 0.25) is 0 Å². The predicted molar refractivity (Wildman–Crippen MR) is 93.5 cm³/mol. The molecule has 0 aromatic rings. The van der Waals surface area contributed by atoms with Gasteiger partial charge in [0.15, 0.2) is 0 Å². The number of esters is 1. The van der Waals surface area contributed by atoms with Crippen molar-refractivity contribution >= 4 is 11.9 Å². The molecule has 0 amide bonds. The molecule has 1 N–H and O–H groups in total. The van der Waals surface area contributed by atoms with Crippen LogP contribution in [0.25, 0.3) is 0 Å². The number of carboxylic acids is 1. The van der Waals surface area contributed by atoms with Crippen molar-refractivity contribution in [1.29, 1.82) is 0 Å². The Kier molecular flexibility index (Phi) is 12.8. The molecular formula is C19H36O4. The summed E-state index contributed by atoms with van der Waals surface area (Å²) in [5, 5.41) is 9.26. The molecule has 0 unspecified atom stereocenters. The van der Waals surface area contributed by atoms with Crippen LogP contribution in [0.15, 0.2) is 0 Å². The van der Waals surface area contributed by atoms with Crippen LogP contribution in [-0.4, -0.2) is 22.6 Å². The number of aliphatic carboxylic acids is 1. The quantitative estimate of drug-likeness (QED) is 0.319. The highest BCUT2D eigenvalue weighted by Crippen LogP contribution is 2.21. The summed E-state index contributed by atoms with van der Waals surface area (Å²) in [5.74, 6) is -1.43. The first kappa shape index (κ1) is 21.9. The largest absolute Gasteiger partial charge is 0.478 e. The second kappa shape index (κ2) is 13.4. The van der Waals surface area contributed by atoms with Crippen LogP contribution in [0.1, 0.15) is 104 Å². The van der Waals surface area contributed by atoms with Gasteiger partial charge in [-0.1, -0.05) is 71.6 Å². The third kappa shape index (κ3) is 11.2. The number of rotatable bonds is 15. The average molecular weight is 328 g/mol. The molecule has 0 rings (SSSR count). The fraction of sp³-hybridized carbons (Fsp3) is 0.895. The summed E-state index contributed by atoms with van der Waals surface area (Å²) in [7, 11) is 0. The van der Waals surface area contributed by atoms with E-state index < -0.39 is 11.6 Å². The standard InChI is InChI=1S/C19H36O4/c1-4-6-8-9-10-11-12-13-14-15-17(20)23-19(3,18(21)22)16-7-5-2/h4-16H2,1-3H3,(H,21,22)/t19-/m1/s1. The molecule has 0 bridgehead atoms. The first-order valence-electron chi connectivity index (χ1n) is 9.41. The van der Waals surface area contributed by atoms with E-state index in [2.05, 4.69) is 6.92 Å². The first-order valence-corrected chi connectivity index (χ1v) is 9.41. The van der Waals surface area contributed by atoms with Gasteiger partial charge in [-0.05, 0) is 26.2 Å². The number of carbonyl (C=O) groups is 2. The van der Waals surface area contributed by atoms with Crippen LogP contribution >= 0.6 is 0 Å². The fourth-order valence-corrected chi connectivity index (χ4v) is 2.60. The third-order valence-corrected chi connectivity index (χ3v) is 4.28. The van der Waals surface area contributed by atoms with Crippen LogP contribution in [0.4, 0.5) is 0 Å². The van der Waals surface area contributed by atoms with Crippen molar-refractivity contribution in [2.45, 2.75) is 110 Å². The summed E-state index contributed by atoms with van der Waals surface area (Å²) in [4.78, 5) is 23.2. The van der Waals surface area contributed by atoms with Crippen molar-refractivity contribution in [1.82, 2.24) is 0 Å². The Balaban J connectivity index is 3.78. The lowest BCUT2D eigenvalue weighted by Gasteiger charge is -2.25. The molecular weight excluding hydrogens is 292 g/mol. The fourth-order valence-electron chi connectivity index (χ4n) is 2.60. The van der Waals surface area contributed by atoms with Crippen LogP contribution in [0.5, 0.6) is 0 Å². The minimum absolute atomic E-state index is 0.324. The highest BCUT2D eigenvalue weighted by atomic mass is 16.6. The van der Waals surface area contributed by atoms with E-state index in [-0.39, 0.29) is 5.97 Å². The monoisotopic (exact) mass is 328 g/mol. The lowest BCUT2D eigenvalue weighted by atomic mass is 9.99. The SMILES string of the molecule is CCCCCCCCCCCC(=O)O[C@](C)(CCCC)C(=O)O. The smallest absolute Gasteiger partial charge is 0.347 e. The van der Waals surface area contributed by atoms with E-state index in [4.69, 9.17) is 4.74 Å². The lowest BCUT2D eigenvalue weighted by Crippen LogP contribution is -2.40. The van der Waals surface area contributed by atoms with E-state index in [1.165, 1.54) is 45.4 Å². The molecule has 0 aliphatic rings. The van der Waals surface area contributed by atoms with Gasteiger partial charge < -0.3 is 9.84 Å². The second-order valence-electron chi connectivity index (χ2n) is 6.69. The minimum Gasteiger partial charge on any atom is -0.478 e. The van der Waals surface area contributed by atoms with Gasteiger partial charge in [0.25, 0.3) is 0 Å². The first-order chi connectivity index (χ1) is 11.0. The molecule has 4 nitrogen and oxygen atoms in total. The molecule has 1 atom stereocenters. The zero-order valence-corrected chi connectivity index (χ0v) is 15.4. The molecule has 0 radical (unpaired) electrons. The predicted octanol–water partition coefficient (Wildman–Crippen LogP) is 5.48. The van der Waals surface area contributed by atoms with Crippen LogP contribution < -0.4 is 0 Å². The highest BCUT2D eigenvalue weighted by Gasteiger charge is 2.36. The van der Waals surface area contributed by atoms with Crippen LogP contribution in [0.3, 0.4) is 0 Å². The van der Waals surface area contributed by atoms with Gasteiger partial charge in [-0.2, -0.15) is 0 Å². The normalized spacial score (nSPS) is 13.5. The van der Waals surface area contributed by atoms with Crippen molar-refractivity contribution in [3.05, 3.63) is 0 Å². The van der Waals surface area contributed by atoms with Gasteiger partial charge >= 0.3 is 11.9 Å². The molecule has 0 fully saturated rings. The van der Waals surface area contributed by atoms with E-state index >= 15 is 0 Å². The Morgan fingerprint density at radius 3 is 1.78 bits per heavy atom. The summed E-state index contributed by atoms with van der Waals surface area (Å²) >= 11 is 0. The van der Waals surface area contributed by atoms with E-state index in [0.29, 0.717) is 12.8 Å². The molecule has 136 valence electrons. The maximum absolute atomic E-state index is 11.8. The Morgan fingerprint density at radius 1 is 0.826 bits per heavy atom. The van der Waals surface area contributed by atoms with Crippen molar-refractivity contribution in [2.75, 3.05) is 0 Å². The molecule has 0 aromatic carbocycles. The van der Waals surface area contributed by atoms with E-state index in [1.807, 2.05) is 6.92 Å². The number of hydrogen-bond donors (Lipinski definition) is 1. The van der Waals surface area contributed by atoms with Crippen molar-refractivity contribution in [3.63, 3.8) is 0 Å². The number of ether oxygens (including phenoxy) is 1. The van der Waals surface area contributed by atoms with E-state index in [0.717, 1.165) is 32.1 Å². The zero-order chi connectivity index (χ0) is 17.6. The number of carbonyl (C=O) groups excluding carboxylic acids is 1. The number of carboxylic acid groups (broad SMARTS) is 1. The molecule has 0 aliphatic heterocycles. The Bertz CT molecular complexity index is 327. The second-order valence-corrected chi connectivity index (χ2v) is 6.69. The third-order valence-electron chi connectivity index (χ3n) is 4.28. The summed E-state index contributed by atoms with van der Waals surface area (Å²) in [6.07, 6.45) is 13.0. The highest BCUT2D eigenvalue weighted by molar-refractivity contribution is 5.81. The van der Waals surface area contributed by atoms with Gasteiger partial charge in [-0.15, -0.1) is 0 Å². The van der Waals surface area contributed by atoms with Gasteiger partial charge in [0.1, 0.15) is 0 Å². The Labute approximate surface area is 142 Å². The topological polar surface area (TPSA) is 63.6 Å². The lowest BCUT2D eigenvalue weighted by molar-refractivity contribution is -0.177. The maximum Gasteiger partial charge on any atom is 0.347 e. The summed E-state index contributed by atoms with van der Waals surface area (Å²) in [5.41, 5.74) is -1.37. The van der Waals surface area contributed by atoms with Crippen LogP contribution in [0, 0.1) is 0 Å². The van der Waals surface area contributed by atoms with Gasteiger partial charge in [0.2, 0.25) is 5.60 Å². The maximum atomic E-state index is 11.8. The van der Waals surface area contributed by atoms with Crippen molar-refractivity contribution in [3.8, 4) is 0 Å². The molecule has 4 heteroatoms. The molecule has 23 heavy (non-hydrogen) atoms. The van der Waals surface area contributed by atoms with Crippen molar-refractivity contribution in [2.24, 2.45) is 0 Å².